The van der Waals surface area contributed by atoms with Gasteiger partial charge in [-0.15, -0.1) is 0 Å². The standard InChI is InChI=1S/C27H32N4O7/c1-29(26(34)37-18-20-6-3-2-4-7-20)13-5-8-24(32)28-16-23-17-31(27(35)38-23)22-11-9-21(10-12-22)30-14-15-36-19-25(30)33/h2-4,6-7,9-12,23H,5,8,13-19H2,1H3,(H,28,32). The van der Waals surface area contributed by atoms with E-state index in [1.165, 1.54) is 9.80 Å². The average molecular weight is 525 g/mol. The van der Waals surface area contributed by atoms with E-state index in [-0.39, 0.29) is 38.0 Å². The number of hydrogen-bond acceptors (Lipinski definition) is 7. The number of rotatable bonds is 10. The molecule has 4 rings (SSSR count). The third-order valence-electron chi connectivity index (χ3n) is 6.27. The fourth-order valence-corrected chi connectivity index (χ4v) is 4.16. The van der Waals surface area contributed by atoms with Crippen LogP contribution in [0.1, 0.15) is 18.4 Å². The van der Waals surface area contributed by atoms with Gasteiger partial charge in [-0.05, 0) is 36.2 Å². The third-order valence-corrected chi connectivity index (χ3v) is 6.27. The number of benzene rings is 2. The first-order valence-electron chi connectivity index (χ1n) is 12.6. The van der Waals surface area contributed by atoms with Crippen LogP contribution in [0, 0.1) is 0 Å². The highest BCUT2D eigenvalue weighted by molar-refractivity contribution is 5.95. The molecule has 2 aromatic carbocycles. The van der Waals surface area contributed by atoms with Crippen molar-refractivity contribution in [3.8, 4) is 0 Å². The first-order chi connectivity index (χ1) is 18.4. The summed E-state index contributed by atoms with van der Waals surface area (Å²) in [6, 6.07) is 16.5. The summed E-state index contributed by atoms with van der Waals surface area (Å²) < 4.78 is 15.8. The van der Waals surface area contributed by atoms with Crippen molar-refractivity contribution >= 4 is 35.4 Å². The van der Waals surface area contributed by atoms with Crippen molar-refractivity contribution in [2.75, 3.05) is 56.2 Å². The molecule has 4 amide bonds. The molecular weight excluding hydrogens is 492 g/mol. The van der Waals surface area contributed by atoms with Gasteiger partial charge in [0.1, 0.15) is 19.3 Å². The zero-order valence-electron chi connectivity index (χ0n) is 21.3. The van der Waals surface area contributed by atoms with Crippen LogP contribution >= 0.6 is 0 Å². The van der Waals surface area contributed by atoms with Gasteiger partial charge in [0.15, 0.2) is 0 Å². The number of nitrogens with zero attached hydrogens (tertiary/aromatic N) is 3. The molecule has 0 radical (unpaired) electrons. The minimum absolute atomic E-state index is 0.0611. The Hall–Kier alpha value is -4.12. The molecule has 1 unspecified atom stereocenters. The minimum atomic E-state index is -0.491. The van der Waals surface area contributed by atoms with Crippen molar-refractivity contribution < 1.29 is 33.4 Å². The second-order valence-electron chi connectivity index (χ2n) is 9.10. The summed E-state index contributed by atoms with van der Waals surface area (Å²) in [4.78, 5) is 53.4. The maximum absolute atomic E-state index is 12.4. The van der Waals surface area contributed by atoms with E-state index in [0.717, 1.165) is 11.3 Å². The lowest BCUT2D eigenvalue weighted by Gasteiger charge is -2.27. The monoisotopic (exact) mass is 524 g/mol. The van der Waals surface area contributed by atoms with E-state index in [1.807, 2.05) is 30.3 Å². The Labute approximate surface area is 221 Å². The summed E-state index contributed by atoms with van der Waals surface area (Å²) >= 11 is 0. The van der Waals surface area contributed by atoms with Crippen LogP contribution in [0.2, 0.25) is 0 Å². The summed E-state index contributed by atoms with van der Waals surface area (Å²) in [6.07, 6.45) is -0.728. The molecule has 202 valence electrons. The molecule has 1 N–H and O–H groups in total. The number of carbonyl (C=O) groups is 4. The molecule has 2 saturated heterocycles. The topological polar surface area (TPSA) is 118 Å². The highest BCUT2D eigenvalue weighted by Gasteiger charge is 2.32. The van der Waals surface area contributed by atoms with Gasteiger partial charge in [-0.2, -0.15) is 0 Å². The molecule has 11 heteroatoms. The maximum atomic E-state index is 12.4. The largest absolute Gasteiger partial charge is 0.445 e. The number of cyclic esters (lactones) is 1. The van der Waals surface area contributed by atoms with Crippen molar-refractivity contribution in [2.45, 2.75) is 25.6 Å². The Morgan fingerprint density at radius 1 is 1.05 bits per heavy atom. The van der Waals surface area contributed by atoms with E-state index in [2.05, 4.69) is 5.32 Å². The lowest BCUT2D eigenvalue weighted by molar-refractivity contribution is -0.125. The molecule has 2 aliphatic heterocycles. The normalized spacial score (nSPS) is 17.2. The van der Waals surface area contributed by atoms with Gasteiger partial charge < -0.3 is 29.3 Å². The van der Waals surface area contributed by atoms with Crippen LogP contribution in [-0.4, -0.2) is 81.4 Å². The molecular formula is C27H32N4O7. The Kier molecular flexibility index (Phi) is 9.15. The highest BCUT2D eigenvalue weighted by Crippen LogP contribution is 2.25. The number of hydrogen-bond donors (Lipinski definition) is 1. The molecule has 11 nitrogen and oxygen atoms in total. The van der Waals surface area contributed by atoms with Gasteiger partial charge in [-0.3, -0.25) is 14.5 Å². The molecule has 2 aromatic rings. The Bertz CT molecular complexity index is 1130. The number of anilines is 2. The van der Waals surface area contributed by atoms with Crippen LogP contribution in [0.25, 0.3) is 0 Å². The number of ether oxygens (including phenoxy) is 3. The van der Waals surface area contributed by atoms with E-state index in [9.17, 15) is 19.2 Å². The molecule has 0 aliphatic carbocycles. The number of amides is 4. The zero-order valence-corrected chi connectivity index (χ0v) is 21.3. The van der Waals surface area contributed by atoms with Crippen molar-refractivity contribution in [3.05, 3.63) is 60.2 Å². The predicted molar refractivity (Wildman–Crippen MR) is 139 cm³/mol. The smallest absolute Gasteiger partial charge is 0.414 e. The molecule has 2 heterocycles. The molecule has 38 heavy (non-hydrogen) atoms. The lowest BCUT2D eigenvalue weighted by atomic mass is 10.2. The molecule has 0 bridgehead atoms. The number of carbonyl (C=O) groups excluding carboxylic acids is 4. The van der Waals surface area contributed by atoms with Crippen molar-refractivity contribution in [3.63, 3.8) is 0 Å². The number of morpholine rings is 1. The SMILES string of the molecule is CN(CCCC(=O)NCC1CN(c2ccc(N3CCOCC3=O)cc2)C(=O)O1)C(=O)OCc1ccccc1. The summed E-state index contributed by atoms with van der Waals surface area (Å²) in [5.41, 5.74) is 2.30. The van der Waals surface area contributed by atoms with Gasteiger partial charge in [0.05, 0.1) is 19.7 Å². The minimum Gasteiger partial charge on any atom is -0.445 e. The van der Waals surface area contributed by atoms with Crippen LogP contribution < -0.4 is 15.1 Å². The van der Waals surface area contributed by atoms with Crippen LogP contribution in [0.15, 0.2) is 54.6 Å². The van der Waals surface area contributed by atoms with Gasteiger partial charge >= 0.3 is 12.2 Å². The first-order valence-corrected chi connectivity index (χ1v) is 12.6. The highest BCUT2D eigenvalue weighted by atomic mass is 16.6. The van der Waals surface area contributed by atoms with Gasteiger partial charge in [-0.25, -0.2) is 9.59 Å². The Morgan fingerprint density at radius 3 is 2.47 bits per heavy atom. The second-order valence-corrected chi connectivity index (χ2v) is 9.10. The van der Waals surface area contributed by atoms with Crippen molar-refractivity contribution in [1.82, 2.24) is 10.2 Å². The van der Waals surface area contributed by atoms with Gasteiger partial charge in [-0.1, -0.05) is 30.3 Å². The van der Waals surface area contributed by atoms with E-state index >= 15 is 0 Å². The Morgan fingerprint density at radius 2 is 1.76 bits per heavy atom. The fourth-order valence-electron chi connectivity index (χ4n) is 4.16. The summed E-state index contributed by atoms with van der Waals surface area (Å²) in [5, 5.41) is 2.79. The van der Waals surface area contributed by atoms with E-state index in [0.29, 0.717) is 38.3 Å². The van der Waals surface area contributed by atoms with Crippen LogP contribution in [0.4, 0.5) is 21.0 Å². The molecule has 0 aromatic heterocycles. The summed E-state index contributed by atoms with van der Waals surface area (Å²) in [5.74, 6) is -0.292. The molecule has 1 atom stereocenters. The van der Waals surface area contributed by atoms with Gasteiger partial charge in [0, 0.05) is 37.9 Å². The lowest BCUT2D eigenvalue weighted by Crippen LogP contribution is -2.41. The number of nitrogens with one attached hydrogen (secondary N) is 1. The van der Waals surface area contributed by atoms with Gasteiger partial charge in [0.2, 0.25) is 5.91 Å². The van der Waals surface area contributed by atoms with Crippen LogP contribution in [0.3, 0.4) is 0 Å². The van der Waals surface area contributed by atoms with Crippen molar-refractivity contribution in [2.24, 2.45) is 0 Å². The quantitative estimate of drug-likeness (QED) is 0.508. The van der Waals surface area contributed by atoms with Crippen LogP contribution in [0.5, 0.6) is 0 Å². The van der Waals surface area contributed by atoms with Crippen molar-refractivity contribution in [1.29, 1.82) is 0 Å². The Balaban J connectivity index is 1.14. The molecule has 0 saturated carbocycles. The fraction of sp³-hybridized carbons (Fsp3) is 0.407. The molecule has 0 spiro atoms. The summed E-state index contributed by atoms with van der Waals surface area (Å²) in [6.45, 7) is 2.09. The van der Waals surface area contributed by atoms with Gasteiger partial charge in [0.25, 0.3) is 5.91 Å². The maximum Gasteiger partial charge on any atom is 0.414 e. The van der Waals surface area contributed by atoms with E-state index < -0.39 is 18.3 Å². The third kappa shape index (κ3) is 7.22. The van der Waals surface area contributed by atoms with E-state index in [4.69, 9.17) is 14.2 Å². The zero-order chi connectivity index (χ0) is 26.9. The summed E-state index contributed by atoms with van der Waals surface area (Å²) in [7, 11) is 1.63. The molecule has 2 fully saturated rings. The molecule has 2 aliphatic rings. The van der Waals surface area contributed by atoms with Crippen LogP contribution in [-0.2, 0) is 30.4 Å². The average Bonchev–Trinajstić information content (AvgIpc) is 3.31. The predicted octanol–water partition coefficient (Wildman–Crippen LogP) is 2.54. The first kappa shape index (κ1) is 26.9. The second kappa shape index (κ2) is 12.9. The van der Waals surface area contributed by atoms with E-state index in [1.54, 1.807) is 36.2 Å².